The van der Waals surface area contributed by atoms with Crippen molar-refractivity contribution in [1.82, 2.24) is 9.80 Å². The molecule has 2 aliphatic rings. The van der Waals surface area contributed by atoms with E-state index in [0.29, 0.717) is 25.7 Å². The number of aliphatic hydroxyl groups is 1. The molecule has 0 aromatic heterocycles. The number of aliphatic hydroxyl groups excluding tert-OH is 1. The SMILES string of the molecule is O=C(O)CN1C[C@@H]2COC[C@H](C1)N(Cc1cccc(OCCO)c1)C2. The summed E-state index contributed by atoms with van der Waals surface area (Å²) in [6, 6.07) is 8.10. The van der Waals surface area contributed by atoms with Gasteiger partial charge in [0.25, 0.3) is 0 Å². The van der Waals surface area contributed by atoms with Crippen LogP contribution in [0.5, 0.6) is 5.75 Å². The molecule has 2 heterocycles. The first-order valence-corrected chi connectivity index (χ1v) is 8.72. The van der Waals surface area contributed by atoms with Crippen LogP contribution in [-0.2, 0) is 16.1 Å². The van der Waals surface area contributed by atoms with E-state index in [-0.39, 0.29) is 25.8 Å². The average molecular weight is 350 g/mol. The summed E-state index contributed by atoms with van der Waals surface area (Å²) in [4.78, 5) is 15.5. The quantitative estimate of drug-likeness (QED) is 0.731. The smallest absolute Gasteiger partial charge is 0.317 e. The number of aliphatic carboxylic acids is 1. The lowest BCUT2D eigenvalue weighted by Gasteiger charge is -2.30. The third kappa shape index (κ3) is 5.15. The molecule has 2 N–H and O–H groups in total. The number of rotatable bonds is 7. The Kier molecular flexibility index (Phi) is 6.25. The molecule has 2 saturated heterocycles. The summed E-state index contributed by atoms with van der Waals surface area (Å²) in [5.41, 5.74) is 1.15. The lowest BCUT2D eigenvalue weighted by atomic mass is 10.1. The molecule has 2 aliphatic heterocycles. The molecule has 3 rings (SSSR count). The highest BCUT2D eigenvalue weighted by Crippen LogP contribution is 2.23. The molecule has 0 saturated carbocycles. The molecular formula is C18H26N2O5. The number of carboxylic acid groups (broad SMARTS) is 1. The van der Waals surface area contributed by atoms with Crippen LogP contribution in [0.3, 0.4) is 0 Å². The van der Waals surface area contributed by atoms with E-state index in [0.717, 1.165) is 30.9 Å². The predicted octanol–water partition coefficient (Wildman–Crippen LogP) is 0.275. The second kappa shape index (κ2) is 8.62. The van der Waals surface area contributed by atoms with Gasteiger partial charge in [-0.15, -0.1) is 0 Å². The van der Waals surface area contributed by atoms with Crippen LogP contribution in [0.15, 0.2) is 24.3 Å². The van der Waals surface area contributed by atoms with Crippen molar-refractivity contribution in [1.29, 1.82) is 0 Å². The summed E-state index contributed by atoms with van der Waals surface area (Å²) < 4.78 is 11.3. The zero-order valence-corrected chi connectivity index (χ0v) is 14.3. The topological polar surface area (TPSA) is 82.5 Å². The van der Waals surface area contributed by atoms with Gasteiger partial charge in [-0.2, -0.15) is 0 Å². The van der Waals surface area contributed by atoms with Gasteiger partial charge in [0.15, 0.2) is 0 Å². The molecule has 2 bridgehead atoms. The Hall–Kier alpha value is -1.67. The second-order valence-electron chi connectivity index (χ2n) is 6.79. The monoisotopic (exact) mass is 350 g/mol. The molecule has 1 aromatic carbocycles. The molecule has 2 atom stereocenters. The minimum atomic E-state index is -0.777. The molecule has 2 fully saturated rings. The number of hydrogen-bond acceptors (Lipinski definition) is 6. The average Bonchev–Trinajstić information content (AvgIpc) is 2.82. The Bertz CT molecular complexity index is 582. The number of hydrogen-bond donors (Lipinski definition) is 2. The van der Waals surface area contributed by atoms with Crippen molar-refractivity contribution in [2.45, 2.75) is 12.6 Å². The highest BCUT2D eigenvalue weighted by atomic mass is 16.5. The molecular weight excluding hydrogens is 324 g/mol. The van der Waals surface area contributed by atoms with Crippen LogP contribution >= 0.6 is 0 Å². The highest BCUT2D eigenvalue weighted by Gasteiger charge is 2.33. The van der Waals surface area contributed by atoms with Gasteiger partial charge < -0.3 is 19.7 Å². The summed E-state index contributed by atoms with van der Waals surface area (Å²) in [6.45, 7) is 4.85. The van der Waals surface area contributed by atoms with Crippen molar-refractivity contribution < 1.29 is 24.5 Å². The van der Waals surface area contributed by atoms with E-state index in [9.17, 15) is 4.79 Å². The highest BCUT2D eigenvalue weighted by molar-refractivity contribution is 5.69. The van der Waals surface area contributed by atoms with Crippen molar-refractivity contribution in [3.8, 4) is 5.75 Å². The minimum absolute atomic E-state index is 0.00312. The Morgan fingerprint density at radius 3 is 2.96 bits per heavy atom. The fraction of sp³-hybridized carbons (Fsp3) is 0.611. The largest absolute Gasteiger partial charge is 0.491 e. The molecule has 7 heteroatoms. The predicted molar refractivity (Wildman–Crippen MR) is 91.6 cm³/mol. The van der Waals surface area contributed by atoms with Gasteiger partial charge in [-0.1, -0.05) is 12.1 Å². The van der Waals surface area contributed by atoms with Crippen LogP contribution < -0.4 is 4.74 Å². The minimum Gasteiger partial charge on any atom is -0.491 e. The van der Waals surface area contributed by atoms with Crippen LogP contribution in [0, 0.1) is 5.92 Å². The molecule has 25 heavy (non-hydrogen) atoms. The second-order valence-corrected chi connectivity index (χ2v) is 6.79. The standard InChI is InChI=1S/C18H26N2O5/c21-4-5-25-17-3-1-2-14(6-17)8-20-9-15-7-19(11-18(22)23)10-16(20)13-24-12-15/h1-3,6,15-16,21H,4-5,7-13H2,(H,22,23)/t15-,16-/m0/s1. The Morgan fingerprint density at radius 2 is 2.16 bits per heavy atom. The fourth-order valence-corrected chi connectivity index (χ4v) is 3.67. The van der Waals surface area contributed by atoms with Crippen molar-refractivity contribution in [2.75, 3.05) is 52.6 Å². The van der Waals surface area contributed by atoms with Crippen LogP contribution in [0.1, 0.15) is 5.56 Å². The van der Waals surface area contributed by atoms with E-state index in [1.807, 2.05) is 23.1 Å². The molecule has 7 nitrogen and oxygen atoms in total. The van der Waals surface area contributed by atoms with E-state index < -0.39 is 5.97 Å². The van der Waals surface area contributed by atoms with Gasteiger partial charge in [-0.05, 0) is 17.7 Å². The van der Waals surface area contributed by atoms with E-state index in [2.05, 4.69) is 11.0 Å². The summed E-state index contributed by atoms with van der Waals surface area (Å²) in [6.07, 6.45) is 0. The number of carboxylic acids is 1. The molecule has 0 amide bonds. The summed E-state index contributed by atoms with van der Waals surface area (Å²) in [5.74, 6) is 0.301. The first-order valence-electron chi connectivity index (χ1n) is 8.72. The maximum absolute atomic E-state index is 11.1. The van der Waals surface area contributed by atoms with Crippen LogP contribution in [0.2, 0.25) is 0 Å². The number of fused-ring (bicyclic) bond motifs is 3. The maximum Gasteiger partial charge on any atom is 0.317 e. The van der Waals surface area contributed by atoms with Gasteiger partial charge in [-0.3, -0.25) is 14.6 Å². The van der Waals surface area contributed by atoms with E-state index >= 15 is 0 Å². The van der Waals surface area contributed by atoms with Crippen molar-refractivity contribution >= 4 is 5.97 Å². The lowest BCUT2D eigenvalue weighted by Crippen LogP contribution is -2.44. The molecule has 0 unspecified atom stereocenters. The molecule has 1 aromatic rings. The first kappa shape index (κ1) is 18.1. The Labute approximate surface area is 147 Å². The lowest BCUT2D eigenvalue weighted by molar-refractivity contribution is -0.138. The zero-order chi connectivity index (χ0) is 17.6. The fourth-order valence-electron chi connectivity index (χ4n) is 3.67. The van der Waals surface area contributed by atoms with E-state index in [1.54, 1.807) is 0 Å². The van der Waals surface area contributed by atoms with Crippen LogP contribution in [0.4, 0.5) is 0 Å². The molecule has 0 aliphatic carbocycles. The summed E-state index contributed by atoms with van der Waals surface area (Å²) in [7, 11) is 0. The van der Waals surface area contributed by atoms with Gasteiger partial charge in [0, 0.05) is 38.1 Å². The van der Waals surface area contributed by atoms with Crippen molar-refractivity contribution in [2.24, 2.45) is 5.92 Å². The Balaban J connectivity index is 1.68. The van der Waals surface area contributed by atoms with E-state index in [4.69, 9.17) is 19.7 Å². The molecule has 0 spiro atoms. The third-order valence-corrected chi connectivity index (χ3v) is 4.66. The third-order valence-electron chi connectivity index (χ3n) is 4.66. The maximum atomic E-state index is 11.1. The number of carbonyl (C=O) groups is 1. The van der Waals surface area contributed by atoms with Gasteiger partial charge in [0.05, 0.1) is 26.4 Å². The zero-order valence-electron chi connectivity index (χ0n) is 14.3. The van der Waals surface area contributed by atoms with Gasteiger partial charge in [0.1, 0.15) is 12.4 Å². The van der Waals surface area contributed by atoms with Gasteiger partial charge in [-0.25, -0.2) is 0 Å². The summed E-state index contributed by atoms with van der Waals surface area (Å²) in [5, 5.41) is 18.0. The normalized spacial score (nSPS) is 24.7. The van der Waals surface area contributed by atoms with Crippen LogP contribution in [-0.4, -0.2) is 84.6 Å². The van der Waals surface area contributed by atoms with Crippen molar-refractivity contribution in [3.05, 3.63) is 29.8 Å². The number of nitrogens with zero attached hydrogens (tertiary/aromatic N) is 2. The molecule has 138 valence electrons. The summed E-state index contributed by atoms with van der Waals surface area (Å²) >= 11 is 0. The van der Waals surface area contributed by atoms with Crippen molar-refractivity contribution in [3.63, 3.8) is 0 Å². The van der Waals surface area contributed by atoms with Crippen LogP contribution in [0.25, 0.3) is 0 Å². The van der Waals surface area contributed by atoms with Gasteiger partial charge >= 0.3 is 5.97 Å². The first-order chi connectivity index (χ1) is 12.1. The van der Waals surface area contributed by atoms with E-state index in [1.165, 1.54) is 0 Å². The van der Waals surface area contributed by atoms with Gasteiger partial charge in [0.2, 0.25) is 0 Å². The Morgan fingerprint density at radius 1 is 1.28 bits per heavy atom. The molecule has 0 radical (unpaired) electrons. The number of ether oxygens (including phenoxy) is 2. The number of benzene rings is 1.